The molecule has 2 fully saturated rings. The summed E-state index contributed by atoms with van der Waals surface area (Å²) >= 11 is 0. The molecule has 2 aromatic heterocycles. The molecule has 0 N–H and O–H groups in total. The van der Waals surface area contributed by atoms with Crippen molar-refractivity contribution in [3.8, 4) is 0 Å². The van der Waals surface area contributed by atoms with E-state index >= 15 is 0 Å². The molecule has 27 heavy (non-hydrogen) atoms. The van der Waals surface area contributed by atoms with Gasteiger partial charge in [-0.05, 0) is 61.7 Å². The molecule has 0 aromatic carbocycles. The maximum Gasteiger partial charge on any atom is 0.135 e. The lowest BCUT2D eigenvalue weighted by molar-refractivity contribution is 0.147. The first-order valence-corrected chi connectivity index (χ1v) is 10.4. The Morgan fingerprint density at radius 1 is 1.04 bits per heavy atom. The van der Waals surface area contributed by atoms with Crippen molar-refractivity contribution in [2.75, 3.05) is 31.1 Å². The first-order chi connectivity index (χ1) is 13.2. The average Bonchev–Trinajstić information content (AvgIpc) is 3.19. The summed E-state index contributed by atoms with van der Waals surface area (Å²) in [6.07, 6.45) is 11.5. The smallest absolute Gasteiger partial charge is 0.135 e. The van der Waals surface area contributed by atoms with Crippen LogP contribution in [0.25, 0.3) is 0 Å². The molecule has 5 nitrogen and oxygen atoms in total. The van der Waals surface area contributed by atoms with E-state index in [1.54, 1.807) is 6.33 Å². The molecule has 0 amide bonds. The third-order valence-corrected chi connectivity index (χ3v) is 6.29. The zero-order valence-corrected chi connectivity index (χ0v) is 16.6. The van der Waals surface area contributed by atoms with Crippen molar-refractivity contribution in [1.82, 2.24) is 19.9 Å². The molecule has 0 unspecified atom stereocenters. The molecular formula is C22H31N5. The van der Waals surface area contributed by atoms with Crippen molar-refractivity contribution in [3.63, 3.8) is 0 Å². The van der Waals surface area contributed by atoms with E-state index in [9.17, 15) is 0 Å². The summed E-state index contributed by atoms with van der Waals surface area (Å²) in [5, 5.41) is 0. The highest BCUT2D eigenvalue weighted by Gasteiger charge is 2.33. The van der Waals surface area contributed by atoms with Crippen LogP contribution in [0.4, 0.5) is 5.82 Å². The molecule has 2 aliphatic heterocycles. The lowest BCUT2D eigenvalue weighted by atomic mass is 9.83. The van der Waals surface area contributed by atoms with E-state index in [0.717, 1.165) is 37.3 Å². The fourth-order valence-corrected chi connectivity index (χ4v) is 4.70. The van der Waals surface area contributed by atoms with E-state index in [-0.39, 0.29) is 0 Å². The molecule has 4 rings (SSSR count). The number of piperidine rings is 1. The minimum Gasteiger partial charge on any atom is -0.356 e. The normalized spacial score (nSPS) is 21.9. The average molecular weight is 366 g/mol. The van der Waals surface area contributed by atoms with Crippen LogP contribution in [0.5, 0.6) is 0 Å². The molecule has 144 valence electrons. The van der Waals surface area contributed by atoms with E-state index in [0.29, 0.717) is 5.92 Å². The Morgan fingerprint density at radius 2 is 1.85 bits per heavy atom. The second kappa shape index (κ2) is 8.34. The summed E-state index contributed by atoms with van der Waals surface area (Å²) in [4.78, 5) is 18.2. The van der Waals surface area contributed by atoms with Crippen molar-refractivity contribution in [1.29, 1.82) is 0 Å². The van der Waals surface area contributed by atoms with Gasteiger partial charge in [-0.1, -0.05) is 19.9 Å². The molecule has 4 heterocycles. The quantitative estimate of drug-likeness (QED) is 0.808. The number of rotatable bonds is 5. The molecule has 0 aliphatic carbocycles. The van der Waals surface area contributed by atoms with Gasteiger partial charge in [-0.15, -0.1) is 0 Å². The Morgan fingerprint density at radius 3 is 2.59 bits per heavy atom. The van der Waals surface area contributed by atoms with Crippen LogP contribution in [0.2, 0.25) is 0 Å². The summed E-state index contributed by atoms with van der Waals surface area (Å²) in [7, 11) is 0. The predicted molar refractivity (Wildman–Crippen MR) is 109 cm³/mol. The van der Waals surface area contributed by atoms with Gasteiger partial charge in [0.25, 0.3) is 0 Å². The number of likely N-dealkylation sites (tertiary alicyclic amines) is 1. The van der Waals surface area contributed by atoms with Gasteiger partial charge in [-0.2, -0.15) is 0 Å². The van der Waals surface area contributed by atoms with Gasteiger partial charge in [0.2, 0.25) is 0 Å². The van der Waals surface area contributed by atoms with E-state index in [2.05, 4.69) is 44.7 Å². The summed E-state index contributed by atoms with van der Waals surface area (Å²) in [6.45, 7) is 10.2. The Bertz CT molecular complexity index is 724. The second-order valence-electron chi connectivity index (χ2n) is 8.43. The Balaban J connectivity index is 1.32. The Kier molecular flexibility index (Phi) is 5.67. The molecule has 2 saturated heterocycles. The van der Waals surface area contributed by atoms with E-state index < -0.39 is 0 Å². The van der Waals surface area contributed by atoms with E-state index in [4.69, 9.17) is 0 Å². The first-order valence-electron chi connectivity index (χ1n) is 10.4. The van der Waals surface area contributed by atoms with Crippen LogP contribution in [0.1, 0.15) is 50.2 Å². The second-order valence-corrected chi connectivity index (χ2v) is 8.43. The zero-order chi connectivity index (χ0) is 18.6. The van der Waals surface area contributed by atoms with E-state index in [1.807, 2.05) is 24.7 Å². The van der Waals surface area contributed by atoms with E-state index in [1.165, 1.54) is 43.5 Å². The third-order valence-electron chi connectivity index (χ3n) is 6.29. The largest absolute Gasteiger partial charge is 0.356 e. The van der Waals surface area contributed by atoms with Crippen LogP contribution in [0.15, 0.2) is 37.1 Å². The predicted octanol–water partition coefficient (Wildman–Crippen LogP) is 3.73. The highest BCUT2D eigenvalue weighted by molar-refractivity contribution is 5.48. The summed E-state index contributed by atoms with van der Waals surface area (Å²) in [5.41, 5.74) is 2.61. The number of anilines is 1. The monoisotopic (exact) mass is 365 g/mol. The van der Waals surface area contributed by atoms with Gasteiger partial charge < -0.3 is 4.90 Å². The van der Waals surface area contributed by atoms with Gasteiger partial charge in [0.15, 0.2) is 0 Å². The van der Waals surface area contributed by atoms with Gasteiger partial charge in [0.1, 0.15) is 12.1 Å². The number of hydrogen-bond acceptors (Lipinski definition) is 5. The van der Waals surface area contributed by atoms with Crippen LogP contribution in [0.3, 0.4) is 0 Å². The molecule has 0 radical (unpaired) electrons. The van der Waals surface area contributed by atoms with Gasteiger partial charge in [-0.25, -0.2) is 9.97 Å². The first kappa shape index (κ1) is 18.4. The van der Waals surface area contributed by atoms with Crippen LogP contribution < -0.4 is 4.90 Å². The Hall–Kier alpha value is -2.01. The maximum absolute atomic E-state index is 4.62. The molecule has 2 aromatic rings. The van der Waals surface area contributed by atoms with Gasteiger partial charge in [0.05, 0.1) is 0 Å². The highest BCUT2D eigenvalue weighted by Crippen LogP contribution is 2.35. The topological polar surface area (TPSA) is 45.2 Å². The molecule has 0 saturated carbocycles. The highest BCUT2D eigenvalue weighted by atomic mass is 15.2. The standard InChI is InChI=1S/C22H31N5/c1-17(2)21-13-24-16-25-22(21)27-11-7-20(15-27)19-5-9-26(10-6-19)14-18-4-3-8-23-12-18/h3-4,8,12-13,16-17,19-20H,5-7,9-11,14-15H2,1-2H3/t20-/m1/s1. The number of aromatic nitrogens is 3. The fraction of sp³-hybridized carbons (Fsp3) is 0.591. The molecule has 0 bridgehead atoms. The van der Waals surface area contributed by atoms with Crippen LogP contribution in [0, 0.1) is 11.8 Å². The van der Waals surface area contributed by atoms with Crippen molar-refractivity contribution in [2.45, 2.75) is 45.6 Å². The number of nitrogens with zero attached hydrogens (tertiary/aromatic N) is 5. The van der Waals surface area contributed by atoms with Crippen molar-refractivity contribution in [3.05, 3.63) is 48.2 Å². The lowest BCUT2D eigenvalue weighted by Crippen LogP contribution is -2.36. The molecule has 5 heteroatoms. The number of hydrogen-bond donors (Lipinski definition) is 0. The zero-order valence-electron chi connectivity index (χ0n) is 16.6. The molecule has 1 atom stereocenters. The molecule has 2 aliphatic rings. The molecular weight excluding hydrogens is 334 g/mol. The van der Waals surface area contributed by atoms with Crippen molar-refractivity contribution >= 4 is 5.82 Å². The van der Waals surface area contributed by atoms with Gasteiger partial charge in [0, 0.05) is 43.8 Å². The van der Waals surface area contributed by atoms with Crippen LogP contribution in [-0.2, 0) is 6.54 Å². The summed E-state index contributed by atoms with van der Waals surface area (Å²) in [5.74, 6) is 3.29. The minimum absolute atomic E-state index is 0.468. The molecule has 0 spiro atoms. The SMILES string of the molecule is CC(C)c1cncnc1N1CC[C@@H](C2CCN(Cc3cccnc3)CC2)C1. The van der Waals surface area contributed by atoms with Crippen LogP contribution in [-0.4, -0.2) is 46.0 Å². The summed E-state index contributed by atoms with van der Waals surface area (Å²) in [6, 6.07) is 4.22. The fourth-order valence-electron chi connectivity index (χ4n) is 4.70. The van der Waals surface area contributed by atoms with Gasteiger partial charge >= 0.3 is 0 Å². The van der Waals surface area contributed by atoms with Crippen LogP contribution >= 0.6 is 0 Å². The number of pyridine rings is 1. The summed E-state index contributed by atoms with van der Waals surface area (Å²) < 4.78 is 0. The third kappa shape index (κ3) is 4.29. The van der Waals surface area contributed by atoms with Crippen molar-refractivity contribution in [2.24, 2.45) is 11.8 Å². The van der Waals surface area contributed by atoms with Gasteiger partial charge in [-0.3, -0.25) is 9.88 Å². The maximum atomic E-state index is 4.62. The minimum atomic E-state index is 0.468. The van der Waals surface area contributed by atoms with Crippen molar-refractivity contribution < 1.29 is 0 Å². The lowest BCUT2D eigenvalue weighted by Gasteiger charge is -2.35. The Labute approximate surface area is 162 Å².